The smallest absolute Gasteiger partial charge is 0.253 e. The largest absolute Gasteiger partial charge is 0.368 e. The molecule has 2 aromatic carbocycles. The third kappa shape index (κ3) is 4.80. The van der Waals surface area contributed by atoms with Crippen molar-refractivity contribution in [3.8, 4) is 5.69 Å². The molecule has 2 N–H and O–H groups in total. The molecule has 8 heteroatoms. The van der Waals surface area contributed by atoms with Crippen LogP contribution < -0.4 is 10.6 Å². The first-order valence-electron chi connectivity index (χ1n) is 10.1. The molecule has 0 radical (unpaired) electrons. The number of hydrogen-bond acceptors (Lipinski definition) is 4. The van der Waals surface area contributed by atoms with E-state index >= 15 is 0 Å². The number of anilines is 1. The van der Waals surface area contributed by atoms with Crippen LogP contribution in [-0.4, -0.2) is 34.1 Å². The quantitative estimate of drug-likeness (QED) is 0.638. The van der Waals surface area contributed by atoms with Crippen LogP contribution >= 0.6 is 0 Å². The lowest BCUT2D eigenvalue weighted by atomic mass is 10.1. The van der Waals surface area contributed by atoms with E-state index in [0.29, 0.717) is 41.4 Å². The molecule has 160 valence electrons. The van der Waals surface area contributed by atoms with Crippen LogP contribution in [0.2, 0.25) is 0 Å². The average Bonchev–Trinajstić information content (AvgIpc) is 3.44. The number of halogens is 1. The summed E-state index contributed by atoms with van der Waals surface area (Å²) in [5.41, 5.74) is 1.96. The molecule has 0 saturated carbocycles. The molecule has 31 heavy (non-hydrogen) atoms. The number of nitrogens with zero attached hydrogens (tertiary/aromatic N) is 2. The Morgan fingerprint density at radius 3 is 2.84 bits per heavy atom. The van der Waals surface area contributed by atoms with Gasteiger partial charge in [0.15, 0.2) is 0 Å². The maximum atomic E-state index is 14.5. The lowest BCUT2D eigenvalue weighted by Gasteiger charge is -2.12. The number of imidazole rings is 1. The Balaban J connectivity index is 1.38. The fourth-order valence-corrected chi connectivity index (χ4v) is 3.52. The summed E-state index contributed by atoms with van der Waals surface area (Å²) in [4.78, 5) is 28.8. The molecule has 2 heterocycles. The van der Waals surface area contributed by atoms with Crippen molar-refractivity contribution in [2.75, 3.05) is 11.9 Å². The van der Waals surface area contributed by atoms with Gasteiger partial charge in [-0.05, 0) is 55.7 Å². The average molecular weight is 422 g/mol. The van der Waals surface area contributed by atoms with Gasteiger partial charge in [-0.3, -0.25) is 9.59 Å². The molecule has 0 bridgehead atoms. The minimum absolute atomic E-state index is 0.172. The van der Waals surface area contributed by atoms with Crippen molar-refractivity contribution >= 4 is 17.5 Å². The van der Waals surface area contributed by atoms with Crippen LogP contribution in [0.3, 0.4) is 0 Å². The predicted octanol–water partition coefficient (Wildman–Crippen LogP) is 3.37. The highest BCUT2D eigenvalue weighted by Gasteiger charge is 2.23. The van der Waals surface area contributed by atoms with Crippen LogP contribution in [0.25, 0.3) is 5.69 Å². The Hall–Kier alpha value is -3.52. The number of carbonyl (C=O) groups excluding carboxylic acids is 2. The maximum absolute atomic E-state index is 14.5. The summed E-state index contributed by atoms with van der Waals surface area (Å²) in [6.45, 7) is 2.56. The van der Waals surface area contributed by atoms with E-state index in [1.165, 1.54) is 6.07 Å². The van der Waals surface area contributed by atoms with Gasteiger partial charge in [0.05, 0.1) is 5.69 Å². The van der Waals surface area contributed by atoms with Crippen molar-refractivity contribution in [1.82, 2.24) is 14.9 Å². The second-order valence-corrected chi connectivity index (χ2v) is 7.38. The number of hydrogen-bond donors (Lipinski definition) is 2. The number of carbonyl (C=O) groups is 2. The zero-order valence-corrected chi connectivity index (χ0v) is 17.1. The Morgan fingerprint density at radius 1 is 1.26 bits per heavy atom. The van der Waals surface area contributed by atoms with Gasteiger partial charge < -0.3 is 19.9 Å². The molecule has 7 nitrogen and oxygen atoms in total. The minimum Gasteiger partial charge on any atom is -0.368 e. The molecule has 1 aliphatic heterocycles. The van der Waals surface area contributed by atoms with Gasteiger partial charge in [-0.15, -0.1) is 0 Å². The van der Waals surface area contributed by atoms with E-state index in [1.807, 2.05) is 0 Å². The van der Waals surface area contributed by atoms with Gasteiger partial charge in [0.25, 0.3) is 11.8 Å². The van der Waals surface area contributed by atoms with E-state index in [4.69, 9.17) is 4.74 Å². The van der Waals surface area contributed by atoms with Crippen LogP contribution in [0.5, 0.6) is 0 Å². The molecule has 1 fully saturated rings. The Kier molecular flexibility index (Phi) is 6.08. The normalized spacial score (nSPS) is 15.6. The predicted molar refractivity (Wildman–Crippen MR) is 113 cm³/mol. The number of benzene rings is 2. The standard InChI is InChI=1S/C23H23FN4O3/c1-15-25-9-10-28(15)20-8-7-16(12-19(20)24)14-26-22(29)17-4-2-5-18(13-17)27-23(30)21-6-3-11-31-21/h2,4-5,7-10,12-13,21H,3,6,11,14H2,1H3,(H,26,29)(H,27,30). The first kappa shape index (κ1) is 20.7. The highest BCUT2D eigenvalue weighted by atomic mass is 19.1. The summed E-state index contributed by atoms with van der Waals surface area (Å²) >= 11 is 0. The zero-order chi connectivity index (χ0) is 21.8. The van der Waals surface area contributed by atoms with Gasteiger partial charge in [0.2, 0.25) is 0 Å². The van der Waals surface area contributed by atoms with E-state index in [1.54, 1.807) is 60.3 Å². The Morgan fingerprint density at radius 2 is 2.13 bits per heavy atom. The molecule has 1 aromatic heterocycles. The molecule has 1 saturated heterocycles. The molecule has 1 aliphatic rings. The third-order valence-corrected chi connectivity index (χ3v) is 5.16. The van der Waals surface area contributed by atoms with Crippen LogP contribution in [0.1, 0.15) is 34.6 Å². The van der Waals surface area contributed by atoms with Crippen molar-refractivity contribution in [2.45, 2.75) is 32.4 Å². The minimum atomic E-state index is -0.443. The second kappa shape index (κ2) is 9.09. The fraction of sp³-hybridized carbons (Fsp3) is 0.261. The van der Waals surface area contributed by atoms with Crippen LogP contribution in [0.4, 0.5) is 10.1 Å². The first-order valence-corrected chi connectivity index (χ1v) is 10.1. The lowest BCUT2D eigenvalue weighted by molar-refractivity contribution is -0.124. The lowest BCUT2D eigenvalue weighted by Crippen LogP contribution is -2.27. The van der Waals surface area contributed by atoms with E-state index in [-0.39, 0.29) is 18.4 Å². The molecule has 0 aliphatic carbocycles. The molecule has 3 aromatic rings. The van der Waals surface area contributed by atoms with Gasteiger partial charge in [-0.1, -0.05) is 12.1 Å². The van der Waals surface area contributed by atoms with Crippen LogP contribution in [-0.2, 0) is 16.1 Å². The highest BCUT2D eigenvalue weighted by Crippen LogP contribution is 2.18. The van der Waals surface area contributed by atoms with E-state index in [0.717, 1.165) is 6.42 Å². The summed E-state index contributed by atoms with van der Waals surface area (Å²) in [6, 6.07) is 11.5. The van der Waals surface area contributed by atoms with Gasteiger partial charge in [-0.2, -0.15) is 0 Å². The van der Waals surface area contributed by atoms with Gasteiger partial charge in [0, 0.05) is 36.8 Å². The van der Waals surface area contributed by atoms with Gasteiger partial charge in [-0.25, -0.2) is 9.37 Å². The number of aryl methyl sites for hydroxylation is 1. The molecular weight excluding hydrogens is 399 g/mol. The Labute approximate surface area is 179 Å². The zero-order valence-electron chi connectivity index (χ0n) is 17.1. The van der Waals surface area contributed by atoms with Crippen molar-refractivity contribution in [3.05, 3.63) is 77.6 Å². The van der Waals surface area contributed by atoms with Crippen LogP contribution in [0.15, 0.2) is 54.9 Å². The summed E-state index contributed by atoms with van der Waals surface area (Å²) in [7, 11) is 0. The number of nitrogens with one attached hydrogen (secondary N) is 2. The van der Waals surface area contributed by atoms with Crippen molar-refractivity contribution in [2.24, 2.45) is 0 Å². The van der Waals surface area contributed by atoms with Gasteiger partial charge >= 0.3 is 0 Å². The molecule has 4 rings (SSSR count). The number of aromatic nitrogens is 2. The van der Waals surface area contributed by atoms with E-state index in [2.05, 4.69) is 15.6 Å². The van der Waals surface area contributed by atoms with Crippen LogP contribution in [0, 0.1) is 12.7 Å². The number of ether oxygens (including phenoxy) is 1. The van der Waals surface area contributed by atoms with Crippen molar-refractivity contribution in [1.29, 1.82) is 0 Å². The SMILES string of the molecule is Cc1nccn1-c1ccc(CNC(=O)c2cccc(NC(=O)C3CCCO3)c2)cc1F. The fourth-order valence-electron chi connectivity index (χ4n) is 3.52. The molecular formula is C23H23FN4O3. The topological polar surface area (TPSA) is 85.3 Å². The Bertz CT molecular complexity index is 1110. The molecule has 2 amide bonds. The summed E-state index contributed by atoms with van der Waals surface area (Å²) < 4.78 is 21.6. The third-order valence-electron chi connectivity index (χ3n) is 5.16. The number of rotatable bonds is 6. The molecule has 1 atom stereocenters. The summed E-state index contributed by atoms with van der Waals surface area (Å²) in [5.74, 6) is -0.236. The maximum Gasteiger partial charge on any atom is 0.253 e. The summed E-state index contributed by atoms with van der Waals surface area (Å²) in [6.07, 6.45) is 4.42. The van der Waals surface area contributed by atoms with Crippen molar-refractivity contribution < 1.29 is 18.7 Å². The molecule has 0 spiro atoms. The van der Waals surface area contributed by atoms with Gasteiger partial charge in [0.1, 0.15) is 17.7 Å². The first-order chi connectivity index (χ1) is 15.0. The van der Waals surface area contributed by atoms with Crippen molar-refractivity contribution in [3.63, 3.8) is 0 Å². The van der Waals surface area contributed by atoms with E-state index < -0.39 is 11.9 Å². The van der Waals surface area contributed by atoms with E-state index in [9.17, 15) is 14.0 Å². The monoisotopic (exact) mass is 422 g/mol. The number of amides is 2. The second-order valence-electron chi connectivity index (χ2n) is 7.38. The molecule has 1 unspecified atom stereocenters. The summed E-state index contributed by atoms with van der Waals surface area (Å²) in [5, 5.41) is 5.57. The highest BCUT2D eigenvalue weighted by molar-refractivity contribution is 5.98.